The first-order valence-corrected chi connectivity index (χ1v) is 15.1. The van der Waals surface area contributed by atoms with Crippen LogP contribution in [0.5, 0.6) is 0 Å². The Balaban J connectivity index is 1.48. The lowest BCUT2D eigenvalue weighted by Crippen LogP contribution is -2.51. The van der Waals surface area contributed by atoms with E-state index in [0.29, 0.717) is 28.4 Å². The number of nitro groups is 1. The van der Waals surface area contributed by atoms with Gasteiger partial charge in [-0.1, -0.05) is 98.8 Å². The Morgan fingerprint density at radius 1 is 0.911 bits per heavy atom. The molecule has 1 amide bonds. The Morgan fingerprint density at radius 2 is 1.64 bits per heavy atom. The van der Waals surface area contributed by atoms with Crippen LogP contribution in [-0.2, 0) is 16.6 Å². The summed E-state index contributed by atoms with van der Waals surface area (Å²) in [7, 11) is 0. The van der Waals surface area contributed by atoms with Gasteiger partial charge in [0.25, 0.3) is 5.69 Å². The minimum Gasteiger partial charge on any atom is -0.352 e. The summed E-state index contributed by atoms with van der Waals surface area (Å²) in [5, 5.41) is 14.7. The first-order valence-electron chi connectivity index (χ1n) is 15.1. The predicted molar refractivity (Wildman–Crippen MR) is 173 cm³/mol. The fourth-order valence-corrected chi connectivity index (χ4v) is 7.52. The van der Waals surface area contributed by atoms with Gasteiger partial charge in [-0.2, -0.15) is 0 Å². The van der Waals surface area contributed by atoms with Gasteiger partial charge in [0, 0.05) is 34.6 Å². The molecular weight excluding hydrogens is 566 g/mol. The van der Waals surface area contributed by atoms with Gasteiger partial charge in [0.05, 0.1) is 16.9 Å². The average molecular weight is 598 g/mol. The van der Waals surface area contributed by atoms with E-state index in [1.54, 1.807) is 12.1 Å². The highest BCUT2D eigenvalue weighted by Crippen LogP contribution is 2.58. The fraction of sp³-hybridized carbons (Fsp3) is 0.216. The molecule has 0 aliphatic carbocycles. The van der Waals surface area contributed by atoms with Crippen LogP contribution in [0.4, 0.5) is 17.1 Å². The van der Waals surface area contributed by atoms with Crippen LogP contribution in [0.1, 0.15) is 51.3 Å². The van der Waals surface area contributed by atoms with E-state index in [1.165, 1.54) is 24.3 Å². The number of carbonyl (C=O) groups excluding carboxylic acids is 3. The van der Waals surface area contributed by atoms with Crippen molar-refractivity contribution in [3.63, 3.8) is 0 Å². The molecule has 3 aliphatic heterocycles. The molecule has 8 nitrogen and oxygen atoms in total. The monoisotopic (exact) mass is 597 g/mol. The maximum atomic E-state index is 15.0. The molecule has 4 atom stereocenters. The normalized spacial score (nSPS) is 22.6. The third kappa shape index (κ3) is 4.31. The van der Waals surface area contributed by atoms with Crippen LogP contribution in [0, 0.1) is 22.0 Å². The summed E-state index contributed by atoms with van der Waals surface area (Å²) in [6.07, 6.45) is 4.70. The van der Waals surface area contributed by atoms with Crippen LogP contribution in [0.15, 0.2) is 103 Å². The fourth-order valence-electron chi connectivity index (χ4n) is 7.52. The molecule has 3 aliphatic rings. The number of anilines is 2. The van der Waals surface area contributed by atoms with E-state index in [0.717, 1.165) is 17.5 Å². The number of benzene rings is 4. The van der Waals surface area contributed by atoms with Gasteiger partial charge in [-0.25, -0.2) is 0 Å². The zero-order valence-corrected chi connectivity index (χ0v) is 24.8. The van der Waals surface area contributed by atoms with Crippen LogP contribution in [0.3, 0.4) is 0 Å². The predicted octanol–water partition coefficient (Wildman–Crippen LogP) is 6.65. The third-order valence-electron chi connectivity index (χ3n) is 9.32. The third-order valence-corrected chi connectivity index (χ3v) is 9.32. The molecule has 45 heavy (non-hydrogen) atoms. The summed E-state index contributed by atoms with van der Waals surface area (Å²) >= 11 is 0. The molecule has 4 aromatic rings. The molecule has 0 bridgehead atoms. The van der Waals surface area contributed by atoms with Gasteiger partial charge in [-0.05, 0) is 41.2 Å². The van der Waals surface area contributed by atoms with Crippen LogP contribution >= 0.6 is 0 Å². The van der Waals surface area contributed by atoms with Crippen molar-refractivity contribution in [3.05, 3.63) is 141 Å². The lowest BCUT2D eigenvalue weighted by Gasteiger charge is -2.37. The van der Waals surface area contributed by atoms with Gasteiger partial charge in [0.1, 0.15) is 11.5 Å². The second-order valence-electron chi connectivity index (χ2n) is 12.4. The second-order valence-corrected chi connectivity index (χ2v) is 12.4. The van der Waals surface area contributed by atoms with E-state index in [1.807, 2.05) is 77.7 Å². The minimum atomic E-state index is -1.45. The van der Waals surface area contributed by atoms with Crippen molar-refractivity contribution >= 4 is 40.6 Å². The lowest BCUT2D eigenvalue weighted by molar-refractivity contribution is -0.384. The van der Waals surface area contributed by atoms with E-state index in [4.69, 9.17) is 0 Å². The first-order chi connectivity index (χ1) is 21.7. The molecular formula is C37H31N3O5. The second kappa shape index (κ2) is 10.7. The summed E-state index contributed by atoms with van der Waals surface area (Å²) in [5.74, 6) is -1.86. The molecule has 224 valence electrons. The molecule has 7 rings (SSSR count). The zero-order chi connectivity index (χ0) is 31.5. The van der Waals surface area contributed by atoms with Gasteiger partial charge in [-0.15, -0.1) is 0 Å². The van der Waals surface area contributed by atoms with Crippen LogP contribution < -0.4 is 10.2 Å². The molecule has 0 unspecified atom stereocenters. The molecule has 1 N–H and O–H groups in total. The SMILES string of the molecule is CC(C)Cc1ccc(C(=O)[C@@H]2[C@H](C(=O)c3cccc([N+](=O)[O-])c3)N3c4ccccc4C=C[C@H]3[C@@]23C(=O)Nc2ccccc23)cc1. The van der Waals surface area contributed by atoms with Gasteiger partial charge < -0.3 is 10.2 Å². The Hall–Kier alpha value is -5.37. The lowest BCUT2D eigenvalue weighted by atomic mass is 9.64. The van der Waals surface area contributed by atoms with Crippen LogP contribution in [0.25, 0.3) is 6.08 Å². The molecule has 0 aromatic heterocycles. The number of nitro benzene ring substituents is 1. The summed E-state index contributed by atoms with van der Waals surface area (Å²) in [6.45, 7) is 4.26. The largest absolute Gasteiger partial charge is 0.352 e. The molecule has 4 aromatic carbocycles. The van der Waals surface area contributed by atoms with E-state index in [2.05, 4.69) is 19.2 Å². The van der Waals surface area contributed by atoms with Gasteiger partial charge in [0.2, 0.25) is 5.91 Å². The number of Topliss-reactive ketones (excluding diaryl/α,β-unsaturated/α-hetero) is 2. The number of ketones is 2. The zero-order valence-electron chi connectivity index (χ0n) is 24.8. The standard InChI is InChI=1S/C37H31N3O5/c1-22(2)20-23-14-16-25(17-15-23)34(41)32-33(35(42)26-9-7-10-27(21-26)40(44)45)39-30-13-6-3-8-24(30)18-19-31(39)37(32)28-11-4-5-12-29(28)38-36(37)43/h3-19,21-22,31-33H,20H2,1-2H3,(H,38,43)/t31-,32-,33+,37+/m0/s1. The van der Waals surface area contributed by atoms with Gasteiger partial charge in [-0.3, -0.25) is 24.5 Å². The topological polar surface area (TPSA) is 110 Å². The van der Waals surface area contributed by atoms with Crippen molar-refractivity contribution < 1.29 is 19.3 Å². The van der Waals surface area contributed by atoms with Crippen molar-refractivity contribution in [2.75, 3.05) is 10.2 Å². The number of rotatable bonds is 7. The highest BCUT2D eigenvalue weighted by atomic mass is 16.6. The summed E-state index contributed by atoms with van der Waals surface area (Å²) < 4.78 is 0. The van der Waals surface area contributed by atoms with E-state index in [-0.39, 0.29) is 22.9 Å². The Morgan fingerprint density at radius 3 is 2.40 bits per heavy atom. The van der Waals surface area contributed by atoms with Crippen LogP contribution in [-0.4, -0.2) is 34.5 Å². The number of para-hydroxylation sites is 2. The number of carbonyl (C=O) groups is 3. The number of fused-ring (bicyclic) bond motifs is 6. The smallest absolute Gasteiger partial charge is 0.270 e. The number of hydrogen-bond acceptors (Lipinski definition) is 6. The maximum Gasteiger partial charge on any atom is 0.270 e. The number of nitrogens with zero attached hydrogens (tertiary/aromatic N) is 2. The molecule has 1 spiro atoms. The molecule has 8 heteroatoms. The van der Waals surface area contributed by atoms with Crippen LogP contribution in [0.2, 0.25) is 0 Å². The summed E-state index contributed by atoms with van der Waals surface area (Å²) in [5.41, 5.74) is 2.73. The van der Waals surface area contributed by atoms with Crippen molar-refractivity contribution in [1.29, 1.82) is 0 Å². The van der Waals surface area contributed by atoms with E-state index < -0.39 is 34.1 Å². The summed E-state index contributed by atoms with van der Waals surface area (Å²) in [4.78, 5) is 57.3. The van der Waals surface area contributed by atoms with Gasteiger partial charge in [0.15, 0.2) is 11.6 Å². The Labute approximate surface area is 260 Å². The quantitative estimate of drug-likeness (QED) is 0.145. The Bertz CT molecular complexity index is 1910. The summed E-state index contributed by atoms with van der Waals surface area (Å²) in [6, 6.07) is 26.1. The molecule has 1 saturated heterocycles. The van der Waals surface area contributed by atoms with Crippen molar-refractivity contribution in [2.24, 2.45) is 11.8 Å². The number of non-ortho nitro benzene ring substituents is 1. The van der Waals surface area contributed by atoms with Crippen molar-refractivity contribution in [1.82, 2.24) is 0 Å². The molecule has 1 fully saturated rings. The minimum absolute atomic E-state index is 0.105. The first kappa shape index (κ1) is 28.4. The number of nitrogens with one attached hydrogen (secondary N) is 1. The highest BCUT2D eigenvalue weighted by molar-refractivity contribution is 6.18. The molecule has 3 heterocycles. The van der Waals surface area contributed by atoms with Crippen molar-refractivity contribution in [2.45, 2.75) is 37.8 Å². The molecule has 0 radical (unpaired) electrons. The van der Waals surface area contributed by atoms with E-state index in [9.17, 15) is 24.5 Å². The number of amides is 1. The molecule has 0 saturated carbocycles. The maximum absolute atomic E-state index is 15.0. The number of hydrogen-bond donors (Lipinski definition) is 1. The highest BCUT2D eigenvalue weighted by Gasteiger charge is 2.70. The Kier molecular flexibility index (Phi) is 6.73. The average Bonchev–Trinajstić information content (AvgIpc) is 3.52. The van der Waals surface area contributed by atoms with Gasteiger partial charge >= 0.3 is 0 Å². The van der Waals surface area contributed by atoms with E-state index >= 15 is 0 Å². The van der Waals surface area contributed by atoms with Crippen molar-refractivity contribution in [3.8, 4) is 0 Å².